The molecule has 0 amide bonds. The van der Waals surface area contributed by atoms with Crippen LogP contribution in [-0.2, 0) is 15.1 Å². The SMILES string of the molecule is O[C@@H]1OC2(CCCOC2)c2cc(Cl)ncc21. The van der Waals surface area contributed by atoms with Crippen molar-refractivity contribution in [2.75, 3.05) is 13.2 Å². The summed E-state index contributed by atoms with van der Waals surface area (Å²) in [7, 11) is 0. The molecule has 1 saturated heterocycles. The van der Waals surface area contributed by atoms with Gasteiger partial charge in [-0.2, -0.15) is 0 Å². The third-order valence-electron chi connectivity index (χ3n) is 3.20. The lowest BCUT2D eigenvalue weighted by atomic mass is 9.88. The van der Waals surface area contributed by atoms with Gasteiger partial charge in [-0.05, 0) is 24.5 Å². The van der Waals surface area contributed by atoms with Gasteiger partial charge in [-0.1, -0.05) is 11.6 Å². The first-order valence-corrected chi connectivity index (χ1v) is 5.69. The van der Waals surface area contributed by atoms with Gasteiger partial charge in [0, 0.05) is 18.4 Å². The Hall–Kier alpha value is -0.680. The molecule has 1 N–H and O–H groups in total. The lowest BCUT2D eigenvalue weighted by molar-refractivity contribution is -0.209. The van der Waals surface area contributed by atoms with Crippen LogP contribution in [0.15, 0.2) is 12.3 Å². The molecule has 1 spiro atoms. The zero-order valence-electron chi connectivity index (χ0n) is 8.65. The molecule has 0 radical (unpaired) electrons. The average molecular weight is 242 g/mol. The van der Waals surface area contributed by atoms with E-state index in [1.807, 2.05) is 0 Å². The monoisotopic (exact) mass is 241 g/mol. The molecule has 0 saturated carbocycles. The van der Waals surface area contributed by atoms with E-state index in [2.05, 4.69) is 4.98 Å². The number of fused-ring (bicyclic) bond motifs is 2. The van der Waals surface area contributed by atoms with Crippen molar-refractivity contribution in [2.24, 2.45) is 0 Å². The number of nitrogens with zero attached hydrogens (tertiary/aromatic N) is 1. The maximum absolute atomic E-state index is 9.83. The normalized spacial score (nSPS) is 33.0. The van der Waals surface area contributed by atoms with Crippen LogP contribution in [0.1, 0.15) is 30.3 Å². The Balaban J connectivity index is 2.09. The highest BCUT2D eigenvalue weighted by Gasteiger charge is 2.46. The Bertz CT molecular complexity index is 418. The van der Waals surface area contributed by atoms with E-state index < -0.39 is 11.9 Å². The smallest absolute Gasteiger partial charge is 0.184 e. The third kappa shape index (κ3) is 1.45. The summed E-state index contributed by atoms with van der Waals surface area (Å²) >= 11 is 5.88. The number of aliphatic hydroxyl groups is 1. The first-order chi connectivity index (χ1) is 7.71. The van der Waals surface area contributed by atoms with Crippen LogP contribution in [-0.4, -0.2) is 23.3 Å². The van der Waals surface area contributed by atoms with Crippen molar-refractivity contribution < 1.29 is 14.6 Å². The molecular formula is C11H12ClNO3. The van der Waals surface area contributed by atoms with Gasteiger partial charge >= 0.3 is 0 Å². The molecule has 2 aliphatic rings. The predicted molar refractivity (Wildman–Crippen MR) is 57.0 cm³/mol. The third-order valence-corrected chi connectivity index (χ3v) is 3.41. The molecule has 1 aromatic heterocycles. The van der Waals surface area contributed by atoms with Crippen molar-refractivity contribution in [3.8, 4) is 0 Å². The number of aliphatic hydroxyl groups excluding tert-OH is 1. The van der Waals surface area contributed by atoms with Crippen molar-refractivity contribution in [3.05, 3.63) is 28.5 Å². The molecule has 0 bridgehead atoms. The number of aromatic nitrogens is 1. The van der Waals surface area contributed by atoms with E-state index in [0.717, 1.165) is 25.0 Å². The van der Waals surface area contributed by atoms with Gasteiger partial charge in [0.2, 0.25) is 0 Å². The molecule has 0 aromatic carbocycles. The minimum atomic E-state index is -0.915. The first-order valence-electron chi connectivity index (χ1n) is 5.31. The summed E-state index contributed by atoms with van der Waals surface area (Å²) in [5.74, 6) is 0. The van der Waals surface area contributed by atoms with Crippen LogP contribution in [0.3, 0.4) is 0 Å². The molecule has 3 rings (SSSR count). The maximum atomic E-state index is 9.83. The van der Waals surface area contributed by atoms with E-state index in [-0.39, 0.29) is 0 Å². The predicted octanol–water partition coefficient (Wildman–Crippen LogP) is 1.76. The quantitative estimate of drug-likeness (QED) is 0.704. The van der Waals surface area contributed by atoms with E-state index in [4.69, 9.17) is 21.1 Å². The van der Waals surface area contributed by atoms with Crippen molar-refractivity contribution in [3.63, 3.8) is 0 Å². The molecule has 2 aliphatic heterocycles. The minimum Gasteiger partial charge on any atom is -0.378 e. The van der Waals surface area contributed by atoms with Crippen LogP contribution >= 0.6 is 11.6 Å². The zero-order valence-corrected chi connectivity index (χ0v) is 9.41. The molecule has 5 heteroatoms. The van der Waals surface area contributed by atoms with Crippen LogP contribution in [0.25, 0.3) is 0 Å². The summed E-state index contributed by atoms with van der Waals surface area (Å²) in [4.78, 5) is 3.96. The highest BCUT2D eigenvalue weighted by atomic mass is 35.5. The van der Waals surface area contributed by atoms with Gasteiger partial charge in [0.05, 0.1) is 6.61 Å². The van der Waals surface area contributed by atoms with Crippen LogP contribution in [0.2, 0.25) is 5.15 Å². The fourth-order valence-corrected chi connectivity index (χ4v) is 2.60. The molecule has 16 heavy (non-hydrogen) atoms. The van der Waals surface area contributed by atoms with Gasteiger partial charge in [-0.25, -0.2) is 4.98 Å². The minimum absolute atomic E-state index is 0.418. The Kier molecular flexibility index (Phi) is 2.40. The molecule has 4 nitrogen and oxygen atoms in total. The highest BCUT2D eigenvalue weighted by molar-refractivity contribution is 6.29. The van der Waals surface area contributed by atoms with Gasteiger partial charge in [0.1, 0.15) is 10.8 Å². The Morgan fingerprint density at radius 2 is 2.44 bits per heavy atom. The summed E-state index contributed by atoms with van der Waals surface area (Å²) in [5, 5.41) is 10.2. The number of rotatable bonds is 0. The average Bonchev–Trinajstić information content (AvgIpc) is 2.53. The number of halogens is 1. The van der Waals surface area contributed by atoms with Gasteiger partial charge in [-0.3, -0.25) is 0 Å². The molecule has 0 aliphatic carbocycles. The van der Waals surface area contributed by atoms with Crippen molar-refractivity contribution in [2.45, 2.75) is 24.7 Å². The Morgan fingerprint density at radius 3 is 3.19 bits per heavy atom. The topological polar surface area (TPSA) is 51.6 Å². The van der Waals surface area contributed by atoms with E-state index >= 15 is 0 Å². The van der Waals surface area contributed by atoms with Crippen LogP contribution < -0.4 is 0 Å². The molecule has 2 atom stereocenters. The molecular weight excluding hydrogens is 230 g/mol. The zero-order chi connectivity index (χ0) is 11.2. The van der Waals surface area contributed by atoms with Crippen LogP contribution in [0.4, 0.5) is 0 Å². The second-order valence-electron chi connectivity index (χ2n) is 4.21. The van der Waals surface area contributed by atoms with E-state index in [9.17, 15) is 5.11 Å². The summed E-state index contributed by atoms with van der Waals surface area (Å²) < 4.78 is 11.1. The van der Waals surface area contributed by atoms with E-state index in [0.29, 0.717) is 17.3 Å². The van der Waals surface area contributed by atoms with Crippen molar-refractivity contribution in [1.82, 2.24) is 4.98 Å². The number of hydrogen-bond donors (Lipinski definition) is 1. The fraction of sp³-hybridized carbons (Fsp3) is 0.545. The standard InChI is InChI=1S/C11H12ClNO3/c12-9-4-8-7(5-13-9)10(14)16-11(8)2-1-3-15-6-11/h4-5,10,14H,1-3,6H2/t10-,11?/m1/s1. The summed E-state index contributed by atoms with van der Waals surface area (Å²) in [5.41, 5.74) is 1.09. The molecule has 86 valence electrons. The van der Waals surface area contributed by atoms with Crippen molar-refractivity contribution in [1.29, 1.82) is 0 Å². The Labute approximate surface area is 98.2 Å². The van der Waals surface area contributed by atoms with Crippen molar-refractivity contribution >= 4 is 11.6 Å². The second kappa shape index (κ2) is 3.67. The summed E-state index contributed by atoms with van der Waals surface area (Å²) in [6.07, 6.45) is 2.43. The summed E-state index contributed by atoms with van der Waals surface area (Å²) in [6.45, 7) is 1.22. The van der Waals surface area contributed by atoms with Gasteiger partial charge in [0.15, 0.2) is 6.29 Å². The van der Waals surface area contributed by atoms with E-state index in [1.54, 1.807) is 12.3 Å². The largest absolute Gasteiger partial charge is 0.378 e. The van der Waals surface area contributed by atoms with Gasteiger partial charge < -0.3 is 14.6 Å². The lowest BCUT2D eigenvalue weighted by Crippen LogP contribution is -2.36. The number of ether oxygens (including phenoxy) is 2. The van der Waals surface area contributed by atoms with Gasteiger partial charge in [-0.15, -0.1) is 0 Å². The molecule has 1 unspecified atom stereocenters. The number of hydrogen-bond acceptors (Lipinski definition) is 4. The highest BCUT2D eigenvalue weighted by Crippen LogP contribution is 2.46. The lowest BCUT2D eigenvalue weighted by Gasteiger charge is -2.33. The first kappa shape index (κ1) is 10.5. The molecule has 1 aromatic rings. The fourth-order valence-electron chi connectivity index (χ4n) is 2.45. The maximum Gasteiger partial charge on any atom is 0.184 e. The van der Waals surface area contributed by atoms with Gasteiger partial charge in [0.25, 0.3) is 0 Å². The number of pyridine rings is 1. The summed E-state index contributed by atoms with van der Waals surface area (Å²) in [6, 6.07) is 1.77. The Morgan fingerprint density at radius 1 is 1.56 bits per heavy atom. The molecule has 1 fully saturated rings. The second-order valence-corrected chi connectivity index (χ2v) is 4.60. The van der Waals surface area contributed by atoms with Crippen LogP contribution in [0.5, 0.6) is 0 Å². The molecule has 3 heterocycles. The van der Waals surface area contributed by atoms with E-state index in [1.165, 1.54) is 0 Å². The van der Waals surface area contributed by atoms with Crippen LogP contribution in [0, 0.1) is 0 Å².